The van der Waals surface area contributed by atoms with Gasteiger partial charge in [0.2, 0.25) is 0 Å². The molecule has 1 fully saturated rings. The maximum absolute atomic E-state index is 11.3. The SMILES string of the molecule is C=C(CNC1CCCC1C)C(=O)OCC. The molecule has 1 N–H and O–H groups in total. The fourth-order valence-electron chi connectivity index (χ4n) is 2.01. The zero-order valence-electron chi connectivity index (χ0n) is 9.71. The summed E-state index contributed by atoms with van der Waals surface area (Å²) >= 11 is 0. The van der Waals surface area contributed by atoms with Crippen LogP contribution < -0.4 is 5.32 Å². The number of nitrogens with one attached hydrogen (secondary N) is 1. The van der Waals surface area contributed by atoms with Crippen molar-refractivity contribution in [3.8, 4) is 0 Å². The highest BCUT2D eigenvalue weighted by Crippen LogP contribution is 2.24. The largest absolute Gasteiger partial charge is 0.463 e. The van der Waals surface area contributed by atoms with Gasteiger partial charge in [0.05, 0.1) is 6.61 Å². The average molecular weight is 211 g/mol. The lowest BCUT2D eigenvalue weighted by Crippen LogP contribution is -2.34. The highest BCUT2D eigenvalue weighted by atomic mass is 16.5. The average Bonchev–Trinajstić information content (AvgIpc) is 2.61. The number of carbonyl (C=O) groups excluding carboxylic acids is 1. The number of esters is 1. The van der Waals surface area contributed by atoms with Gasteiger partial charge in [0, 0.05) is 18.2 Å². The Morgan fingerprint density at radius 3 is 2.80 bits per heavy atom. The van der Waals surface area contributed by atoms with Gasteiger partial charge in [-0.1, -0.05) is 19.9 Å². The minimum atomic E-state index is -0.282. The van der Waals surface area contributed by atoms with Crippen molar-refractivity contribution in [2.75, 3.05) is 13.2 Å². The van der Waals surface area contributed by atoms with Gasteiger partial charge in [-0.25, -0.2) is 4.79 Å². The Morgan fingerprint density at radius 1 is 1.53 bits per heavy atom. The molecule has 15 heavy (non-hydrogen) atoms. The van der Waals surface area contributed by atoms with E-state index in [4.69, 9.17) is 4.74 Å². The van der Waals surface area contributed by atoms with Crippen LogP contribution in [0.2, 0.25) is 0 Å². The number of hydrogen-bond acceptors (Lipinski definition) is 3. The predicted octanol–water partition coefficient (Wildman–Crippen LogP) is 1.88. The third-order valence-electron chi connectivity index (χ3n) is 3.00. The van der Waals surface area contributed by atoms with Crippen LogP contribution in [0.1, 0.15) is 33.1 Å². The Morgan fingerprint density at radius 2 is 2.27 bits per heavy atom. The lowest BCUT2D eigenvalue weighted by Gasteiger charge is -2.17. The van der Waals surface area contributed by atoms with Crippen molar-refractivity contribution in [3.05, 3.63) is 12.2 Å². The maximum Gasteiger partial charge on any atom is 0.334 e. The van der Waals surface area contributed by atoms with Gasteiger partial charge in [-0.2, -0.15) is 0 Å². The van der Waals surface area contributed by atoms with Crippen LogP contribution in [0.5, 0.6) is 0 Å². The van der Waals surface area contributed by atoms with Crippen molar-refractivity contribution in [1.82, 2.24) is 5.32 Å². The van der Waals surface area contributed by atoms with Crippen molar-refractivity contribution in [1.29, 1.82) is 0 Å². The number of rotatable bonds is 5. The molecule has 3 heteroatoms. The zero-order chi connectivity index (χ0) is 11.3. The summed E-state index contributed by atoms with van der Waals surface area (Å²) < 4.78 is 4.87. The summed E-state index contributed by atoms with van der Waals surface area (Å²) in [5.74, 6) is 0.427. The molecule has 1 aliphatic carbocycles. The van der Waals surface area contributed by atoms with E-state index in [1.54, 1.807) is 6.92 Å². The molecule has 2 atom stereocenters. The van der Waals surface area contributed by atoms with E-state index in [-0.39, 0.29) is 5.97 Å². The van der Waals surface area contributed by atoms with Gasteiger partial charge in [0.1, 0.15) is 0 Å². The summed E-state index contributed by atoms with van der Waals surface area (Å²) in [6.45, 7) is 8.74. The van der Waals surface area contributed by atoms with Gasteiger partial charge in [-0.15, -0.1) is 0 Å². The smallest absolute Gasteiger partial charge is 0.334 e. The normalized spacial score (nSPS) is 25.2. The van der Waals surface area contributed by atoms with Crippen LogP contribution in [0.15, 0.2) is 12.2 Å². The van der Waals surface area contributed by atoms with Gasteiger partial charge < -0.3 is 10.1 Å². The van der Waals surface area contributed by atoms with Crippen LogP contribution in [0.4, 0.5) is 0 Å². The number of carbonyl (C=O) groups is 1. The quantitative estimate of drug-likeness (QED) is 0.557. The highest BCUT2D eigenvalue weighted by molar-refractivity contribution is 5.88. The second-order valence-corrected chi connectivity index (χ2v) is 4.22. The monoisotopic (exact) mass is 211 g/mol. The number of ether oxygens (including phenoxy) is 1. The summed E-state index contributed by atoms with van der Waals surface area (Å²) in [4.78, 5) is 11.3. The summed E-state index contributed by atoms with van der Waals surface area (Å²) in [7, 11) is 0. The molecule has 0 heterocycles. The predicted molar refractivity (Wildman–Crippen MR) is 60.6 cm³/mol. The molecular formula is C12H21NO2. The first-order valence-corrected chi connectivity index (χ1v) is 5.73. The molecule has 0 amide bonds. The molecule has 0 aliphatic heterocycles. The van der Waals surface area contributed by atoms with E-state index >= 15 is 0 Å². The molecule has 0 aromatic heterocycles. The Bertz CT molecular complexity index is 238. The third-order valence-corrected chi connectivity index (χ3v) is 3.00. The van der Waals surface area contributed by atoms with E-state index in [1.165, 1.54) is 19.3 Å². The Balaban J connectivity index is 2.24. The minimum Gasteiger partial charge on any atom is -0.463 e. The van der Waals surface area contributed by atoms with Gasteiger partial charge >= 0.3 is 5.97 Å². The zero-order valence-corrected chi connectivity index (χ0v) is 9.71. The molecule has 1 aliphatic rings. The molecular weight excluding hydrogens is 190 g/mol. The minimum absolute atomic E-state index is 0.282. The Hall–Kier alpha value is -0.830. The van der Waals surface area contributed by atoms with Gasteiger partial charge in [0.15, 0.2) is 0 Å². The first-order chi connectivity index (χ1) is 7.15. The molecule has 2 unspecified atom stereocenters. The molecule has 3 nitrogen and oxygen atoms in total. The highest BCUT2D eigenvalue weighted by Gasteiger charge is 2.23. The van der Waals surface area contributed by atoms with E-state index in [0.717, 1.165) is 0 Å². The molecule has 0 bridgehead atoms. The molecule has 0 saturated heterocycles. The standard InChI is InChI=1S/C12H21NO2/c1-4-15-12(14)10(3)8-13-11-7-5-6-9(11)2/h9,11,13H,3-8H2,1-2H3. The summed E-state index contributed by atoms with van der Waals surface area (Å²) in [6, 6.07) is 0.538. The first kappa shape index (κ1) is 12.2. The van der Waals surface area contributed by atoms with E-state index in [1.807, 2.05) is 0 Å². The fraction of sp³-hybridized carbons (Fsp3) is 0.750. The Kier molecular flexibility index (Phi) is 4.82. The molecule has 1 saturated carbocycles. The van der Waals surface area contributed by atoms with E-state index in [9.17, 15) is 4.79 Å². The summed E-state index contributed by atoms with van der Waals surface area (Å²) in [6.07, 6.45) is 3.77. The van der Waals surface area contributed by atoms with Crippen molar-refractivity contribution in [2.24, 2.45) is 5.92 Å². The van der Waals surface area contributed by atoms with E-state index in [2.05, 4.69) is 18.8 Å². The van der Waals surface area contributed by atoms with Crippen LogP contribution in [0.25, 0.3) is 0 Å². The fourth-order valence-corrected chi connectivity index (χ4v) is 2.01. The summed E-state index contributed by atoms with van der Waals surface area (Å²) in [5.41, 5.74) is 0.524. The molecule has 0 aromatic carbocycles. The lowest BCUT2D eigenvalue weighted by molar-refractivity contribution is -0.138. The lowest BCUT2D eigenvalue weighted by atomic mass is 10.1. The van der Waals surface area contributed by atoms with Crippen LogP contribution in [0, 0.1) is 5.92 Å². The number of hydrogen-bond donors (Lipinski definition) is 1. The first-order valence-electron chi connectivity index (χ1n) is 5.73. The van der Waals surface area contributed by atoms with Crippen molar-refractivity contribution < 1.29 is 9.53 Å². The van der Waals surface area contributed by atoms with Crippen LogP contribution >= 0.6 is 0 Å². The van der Waals surface area contributed by atoms with E-state index in [0.29, 0.717) is 30.7 Å². The van der Waals surface area contributed by atoms with Gasteiger partial charge in [-0.3, -0.25) is 0 Å². The molecule has 86 valence electrons. The Labute approximate surface area is 91.9 Å². The molecule has 0 aromatic rings. The second-order valence-electron chi connectivity index (χ2n) is 4.22. The van der Waals surface area contributed by atoms with Crippen molar-refractivity contribution in [3.63, 3.8) is 0 Å². The maximum atomic E-state index is 11.3. The van der Waals surface area contributed by atoms with Crippen LogP contribution in [-0.4, -0.2) is 25.2 Å². The second kappa shape index (κ2) is 5.91. The van der Waals surface area contributed by atoms with Crippen LogP contribution in [0.3, 0.4) is 0 Å². The van der Waals surface area contributed by atoms with Gasteiger partial charge in [0.25, 0.3) is 0 Å². The van der Waals surface area contributed by atoms with Gasteiger partial charge in [-0.05, 0) is 25.7 Å². The van der Waals surface area contributed by atoms with Crippen molar-refractivity contribution in [2.45, 2.75) is 39.2 Å². The molecule has 0 spiro atoms. The summed E-state index contributed by atoms with van der Waals surface area (Å²) in [5, 5.41) is 3.37. The van der Waals surface area contributed by atoms with E-state index < -0.39 is 0 Å². The topological polar surface area (TPSA) is 38.3 Å². The van der Waals surface area contributed by atoms with Crippen molar-refractivity contribution >= 4 is 5.97 Å². The van der Waals surface area contributed by atoms with Crippen LogP contribution in [-0.2, 0) is 9.53 Å². The molecule has 1 rings (SSSR count). The third kappa shape index (κ3) is 3.67. The molecule has 0 radical (unpaired) electrons.